The molecule has 0 aromatic heterocycles. The molecule has 1 aromatic rings. The van der Waals surface area contributed by atoms with Crippen LogP contribution in [-0.4, -0.2) is 39.7 Å². The van der Waals surface area contributed by atoms with Crippen molar-refractivity contribution in [2.45, 2.75) is 19.4 Å². The molecule has 2 N–H and O–H groups in total. The molecular weight excluding hydrogens is 218 g/mol. The van der Waals surface area contributed by atoms with E-state index in [2.05, 4.69) is 0 Å². The average Bonchev–Trinajstić information content (AvgIpc) is 2.24. The van der Waals surface area contributed by atoms with Crippen LogP contribution in [0.15, 0.2) is 24.3 Å². The Morgan fingerprint density at radius 1 is 1.35 bits per heavy atom. The number of amides is 1. The minimum absolute atomic E-state index is 0.0162. The van der Waals surface area contributed by atoms with Gasteiger partial charge in [-0.2, -0.15) is 0 Å². The third-order valence-electron chi connectivity index (χ3n) is 3.43. The standard InChI is InChI=1S/C13H17NO3/c1-9(2)13(17)7-14(8-13)12(16)10-5-3-4-6-11(10)15/h3-6,9,15,17H,7-8H2,1-2H3. The van der Waals surface area contributed by atoms with E-state index in [4.69, 9.17) is 0 Å². The highest BCUT2D eigenvalue weighted by atomic mass is 16.3. The Kier molecular flexibility index (Phi) is 2.83. The van der Waals surface area contributed by atoms with Crippen LogP contribution in [0.1, 0.15) is 24.2 Å². The zero-order chi connectivity index (χ0) is 12.6. The summed E-state index contributed by atoms with van der Waals surface area (Å²) in [6, 6.07) is 6.46. The quantitative estimate of drug-likeness (QED) is 0.810. The molecule has 17 heavy (non-hydrogen) atoms. The van der Waals surface area contributed by atoms with Crippen molar-refractivity contribution >= 4 is 5.91 Å². The lowest BCUT2D eigenvalue weighted by molar-refractivity contribution is -0.110. The molecule has 1 aromatic carbocycles. The molecule has 0 atom stereocenters. The van der Waals surface area contributed by atoms with Crippen LogP contribution in [-0.2, 0) is 0 Å². The normalized spacial score (nSPS) is 18.0. The number of rotatable bonds is 2. The van der Waals surface area contributed by atoms with E-state index in [1.165, 1.54) is 6.07 Å². The van der Waals surface area contributed by atoms with Crippen molar-refractivity contribution < 1.29 is 15.0 Å². The number of phenolic OH excluding ortho intramolecular Hbond substituents is 1. The maximum Gasteiger partial charge on any atom is 0.257 e. The van der Waals surface area contributed by atoms with Gasteiger partial charge < -0.3 is 15.1 Å². The van der Waals surface area contributed by atoms with Gasteiger partial charge in [0.2, 0.25) is 0 Å². The zero-order valence-electron chi connectivity index (χ0n) is 10.1. The fraction of sp³-hybridized carbons (Fsp3) is 0.462. The van der Waals surface area contributed by atoms with Gasteiger partial charge in [-0.15, -0.1) is 0 Å². The lowest BCUT2D eigenvalue weighted by Crippen LogP contribution is -2.65. The minimum atomic E-state index is -0.778. The number of β-amino-alcohol motifs (C(OH)–C–C–N with tert-alkyl or cyclic N) is 1. The summed E-state index contributed by atoms with van der Waals surface area (Å²) >= 11 is 0. The van der Waals surface area contributed by atoms with Crippen LogP contribution < -0.4 is 0 Å². The van der Waals surface area contributed by atoms with Crippen LogP contribution >= 0.6 is 0 Å². The van der Waals surface area contributed by atoms with Crippen molar-refractivity contribution in [2.75, 3.05) is 13.1 Å². The number of hydrogen-bond acceptors (Lipinski definition) is 3. The van der Waals surface area contributed by atoms with Gasteiger partial charge in [-0.1, -0.05) is 26.0 Å². The number of carbonyl (C=O) groups excluding carboxylic acids is 1. The Balaban J connectivity index is 2.08. The second kappa shape index (κ2) is 4.04. The smallest absolute Gasteiger partial charge is 0.257 e. The van der Waals surface area contributed by atoms with Gasteiger partial charge in [0.15, 0.2) is 0 Å². The van der Waals surface area contributed by atoms with Gasteiger partial charge in [0.25, 0.3) is 5.91 Å². The summed E-state index contributed by atoms with van der Waals surface area (Å²) in [5, 5.41) is 19.6. The Morgan fingerprint density at radius 3 is 2.47 bits per heavy atom. The number of phenols is 1. The Bertz CT molecular complexity index is 436. The molecule has 1 saturated heterocycles. The molecule has 0 radical (unpaired) electrons. The van der Waals surface area contributed by atoms with Crippen LogP contribution in [0.4, 0.5) is 0 Å². The van der Waals surface area contributed by atoms with Gasteiger partial charge in [-0.05, 0) is 18.1 Å². The third-order valence-corrected chi connectivity index (χ3v) is 3.43. The number of aliphatic hydroxyl groups is 1. The number of para-hydroxylation sites is 1. The monoisotopic (exact) mass is 235 g/mol. The van der Waals surface area contributed by atoms with E-state index < -0.39 is 5.60 Å². The predicted molar refractivity (Wildman–Crippen MR) is 63.8 cm³/mol. The van der Waals surface area contributed by atoms with Crippen LogP contribution in [0, 0.1) is 5.92 Å². The topological polar surface area (TPSA) is 60.8 Å². The Labute approximate surface area is 100 Å². The summed E-state index contributed by atoms with van der Waals surface area (Å²) in [6.07, 6.45) is 0. The van der Waals surface area contributed by atoms with E-state index in [9.17, 15) is 15.0 Å². The van der Waals surface area contributed by atoms with E-state index in [1.54, 1.807) is 23.1 Å². The molecule has 1 amide bonds. The van der Waals surface area contributed by atoms with E-state index in [-0.39, 0.29) is 17.6 Å². The van der Waals surface area contributed by atoms with Gasteiger partial charge in [-0.25, -0.2) is 0 Å². The summed E-state index contributed by atoms with van der Waals surface area (Å²) < 4.78 is 0. The fourth-order valence-electron chi connectivity index (χ4n) is 1.95. The number of likely N-dealkylation sites (tertiary alicyclic amines) is 1. The summed E-state index contributed by atoms with van der Waals surface area (Å²) in [7, 11) is 0. The number of benzene rings is 1. The SMILES string of the molecule is CC(C)C1(O)CN(C(=O)c2ccccc2O)C1. The van der Waals surface area contributed by atoms with Crippen molar-refractivity contribution in [1.82, 2.24) is 4.90 Å². The molecule has 0 saturated carbocycles. The number of aromatic hydroxyl groups is 1. The molecule has 1 fully saturated rings. The summed E-state index contributed by atoms with van der Waals surface area (Å²) in [5.41, 5.74) is -0.488. The minimum Gasteiger partial charge on any atom is -0.507 e. The highest BCUT2D eigenvalue weighted by molar-refractivity contribution is 5.97. The molecule has 0 unspecified atom stereocenters. The third kappa shape index (κ3) is 2.00. The first-order chi connectivity index (χ1) is 7.94. The van der Waals surface area contributed by atoms with E-state index in [0.29, 0.717) is 18.7 Å². The lowest BCUT2D eigenvalue weighted by Gasteiger charge is -2.49. The Hall–Kier alpha value is -1.55. The maximum absolute atomic E-state index is 12.0. The largest absolute Gasteiger partial charge is 0.507 e. The molecule has 92 valence electrons. The van der Waals surface area contributed by atoms with Crippen LogP contribution in [0.2, 0.25) is 0 Å². The molecule has 4 heteroatoms. The van der Waals surface area contributed by atoms with Crippen LogP contribution in [0.25, 0.3) is 0 Å². The van der Waals surface area contributed by atoms with Crippen LogP contribution in [0.5, 0.6) is 5.75 Å². The molecular formula is C13H17NO3. The highest BCUT2D eigenvalue weighted by Crippen LogP contribution is 2.31. The zero-order valence-corrected chi connectivity index (χ0v) is 10.1. The first-order valence-electron chi connectivity index (χ1n) is 5.74. The first kappa shape index (κ1) is 11.9. The summed E-state index contributed by atoms with van der Waals surface area (Å²) in [4.78, 5) is 13.6. The molecule has 0 spiro atoms. The fourth-order valence-corrected chi connectivity index (χ4v) is 1.95. The van der Waals surface area contributed by atoms with Gasteiger partial charge in [0.05, 0.1) is 18.7 Å². The summed E-state index contributed by atoms with van der Waals surface area (Å²) in [5.74, 6) is -0.123. The van der Waals surface area contributed by atoms with Gasteiger partial charge in [0, 0.05) is 0 Å². The van der Waals surface area contributed by atoms with Crippen LogP contribution in [0.3, 0.4) is 0 Å². The average molecular weight is 235 g/mol. The highest BCUT2D eigenvalue weighted by Gasteiger charge is 2.46. The van der Waals surface area contributed by atoms with Gasteiger partial charge in [-0.3, -0.25) is 4.79 Å². The van der Waals surface area contributed by atoms with Crippen molar-refractivity contribution in [1.29, 1.82) is 0 Å². The lowest BCUT2D eigenvalue weighted by atomic mass is 9.82. The van der Waals surface area contributed by atoms with E-state index >= 15 is 0 Å². The maximum atomic E-state index is 12.0. The van der Waals surface area contributed by atoms with Gasteiger partial charge >= 0.3 is 0 Å². The van der Waals surface area contributed by atoms with E-state index in [0.717, 1.165) is 0 Å². The molecule has 1 aliphatic rings. The second-order valence-electron chi connectivity index (χ2n) is 4.94. The second-order valence-corrected chi connectivity index (χ2v) is 4.94. The molecule has 1 aliphatic heterocycles. The molecule has 0 aliphatic carbocycles. The van der Waals surface area contributed by atoms with Crippen molar-refractivity contribution in [3.8, 4) is 5.75 Å². The predicted octanol–water partition coefficient (Wildman–Crippen LogP) is 1.24. The number of carbonyl (C=O) groups is 1. The number of nitrogens with zero attached hydrogens (tertiary/aromatic N) is 1. The van der Waals surface area contributed by atoms with Gasteiger partial charge in [0.1, 0.15) is 11.4 Å². The van der Waals surface area contributed by atoms with Crippen molar-refractivity contribution in [3.05, 3.63) is 29.8 Å². The first-order valence-corrected chi connectivity index (χ1v) is 5.74. The molecule has 0 bridgehead atoms. The molecule has 1 heterocycles. The number of hydrogen-bond donors (Lipinski definition) is 2. The summed E-state index contributed by atoms with van der Waals surface area (Å²) in [6.45, 7) is 4.53. The molecule has 2 rings (SSSR count). The van der Waals surface area contributed by atoms with Crippen molar-refractivity contribution in [2.24, 2.45) is 5.92 Å². The Morgan fingerprint density at radius 2 is 1.94 bits per heavy atom. The van der Waals surface area contributed by atoms with E-state index in [1.807, 2.05) is 13.8 Å². The van der Waals surface area contributed by atoms with Crippen molar-refractivity contribution in [3.63, 3.8) is 0 Å². The molecule has 4 nitrogen and oxygen atoms in total.